The molecule has 1 aliphatic carbocycles. The van der Waals surface area contributed by atoms with Crippen molar-refractivity contribution in [3.63, 3.8) is 0 Å². The first-order chi connectivity index (χ1) is 8.03. The molecule has 1 atom stereocenters. The van der Waals surface area contributed by atoms with E-state index in [0.717, 1.165) is 25.7 Å². The molecule has 0 amide bonds. The Morgan fingerprint density at radius 2 is 1.82 bits per heavy atom. The third-order valence-electron chi connectivity index (χ3n) is 3.36. The average molecular weight is 259 g/mol. The van der Waals surface area contributed by atoms with Gasteiger partial charge < -0.3 is 5.32 Å². The van der Waals surface area contributed by atoms with Crippen LogP contribution in [0.1, 0.15) is 39.0 Å². The van der Waals surface area contributed by atoms with E-state index in [2.05, 4.69) is 10.0 Å². The predicted octanol–water partition coefficient (Wildman–Crippen LogP) is 0.739. The minimum atomic E-state index is -3.48. The highest BCUT2D eigenvalue weighted by Gasteiger charge is 2.28. The fourth-order valence-corrected chi connectivity index (χ4v) is 3.64. The number of hydrogen-bond acceptors (Lipinski definition) is 4. The van der Waals surface area contributed by atoms with Crippen molar-refractivity contribution in [1.29, 1.82) is 5.26 Å². The number of nitriles is 1. The molecule has 0 radical (unpaired) electrons. The summed E-state index contributed by atoms with van der Waals surface area (Å²) in [6.45, 7) is 1.71. The Bertz CT molecular complexity index is 367. The zero-order valence-corrected chi connectivity index (χ0v) is 11.3. The molecule has 0 heterocycles. The second-order valence-corrected chi connectivity index (χ2v) is 6.42. The topological polar surface area (TPSA) is 82.0 Å². The molecule has 17 heavy (non-hydrogen) atoms. The smallest absolute Gasteiger partial charge is 0.228 e. The molecule has 1 fully saturated rings. The van der Waals surface area contributed by atoms with Crippen molar-refractivity contribution in [1.82, 2.24) is 10.0 Å². The molecule has 1 rings (SSSR count). The van der Waals surface area contributed by atoms with E-state index in [9.17, 15) is 8.42 Å². The fourth-order valence-electron chi connectivity index (χ4n) is 2.19. The molecule has 1 saturated carbocycles. The average Bonchev–Trinajstić information content (AvgIpc) is 2.30. The molecule has 2 N–H and O–H groups in total. The minimum absolute atomic E-state index is 0.00741. The van der Waals surface area contributed by atoms with E-state index in [4.69, 9.17) is 5.26 Å². The van der Waals surface area contributed by atoms with Crippen molar-refractivity contribution in [3.05, 3.63) is 0 Å². The predicted molar refractivity (Wildman–Crippen MR) is 66.9 cm³/mol. The Balaban J connectivity index is 2.53. The molecule has 5 nitrogen and oxygen atoms in total. The van der Waals surface area contributed by atoms with Crippen LogP contribution < -0.4 is 10.0 Å². The lowest BCUT2D eigenvalue weighted by atomic mass is 9.92. The summed E-state index contributed by atoms with van der Waals surface area (Å²) in [6.07, 6.45) is 3.97. The number of sulfonamides is 1. The van der Waals surface area contributed by atoms with E-state index in [1.165, 1.54) is 0 Å². The van der Waals surface area contributed by atoms with Crippen molar-refractivity contribution >= 4 is 10.0 Å². The largest absolute Gasteiger partial charge is 0.317 e. The Hall–Kier alpha value is -0.640. The van der Waals surface area contributed by atoms with Gasteiger partial charge in [0.15, 0.2) is 5.25 Å². The summed E-state index contributed by atoms with van der Waals surface area (Å²) in [5.74, 6) is 0. The van der Waals surface area contributed by atoms with Gasteiger partial charge in [-0.25, -0.2) is 13.1 Å². The second kappa shape index (κ2) is 6.34. The van der Waals surface area contributed by atoms with Crippen LogP contribution in [-0.4, -0.2) is 32.8 Å². The van der Waals surface area contributed by atoms with Crippen LogP contribution in [0.4, 0.5) is 0 Å². The molecule has 1 unspecified atom stereocenters. The van der Waals surface area contributed by atoms with Crippen LogP contribution in [0.15, 0.2) is 0 Å². The third kappa shape index (κ3) is 3.95. The normalized spacial score (nSPS) is 27.4. The molecule has 0 aliphatic heterocycles. The van der Waals surface area contributed by atoms with Gasteiger partial charge in [0.25, 0.3) is 0 Å². The number of nitrogens with one attached hydrogen (secondary N) is 2. The monoisotopic (exact) mass is 259 g/mol. The summed E-state index contributed by atoms with van der Waals surface area (Å²) in [7, 11) is -1.55. The lowest BCUT2D eigenvalue weighted by molar-refractivity contribution is 0.342. The molecule has 0 aromatic carbocycles. The van der Waals surface area contributed by atoms with Crippen LogP contribution in [0, 0.1) is 11.3 Å². The van der Waals surface area contributed by atoms with Gasteiger partial charge in [-0.2, -0.15) is 5.26 Å². The zero-order chi connectivity index (χ0) is 12.9. The van der Waals surface area contributed by atoms with Crippen molar-refractivity contribution < 1.29 is 8.42 Å². The van der Waals surface area contributed by atoms with Gasteiger partial charge in [0, 0.05) is 12.1 Å². The zero-order valence-electron chi connectivity index (χ0n) is 10.4. The second-order valence-electron chi connectivity index (χ2n) is 4.53. The molecule has 98 valence electrons. The van der Waals surface area contributed by atoms with Crippen LogP contribution in [0.25, 0.3) is 0 Å². The van der Waals surface area contributed by atoms with Gasteiger partial charge in [-0.05, 0) is 39.2 Å². The molecule has 0 saturated heterocycles. The lowest BCUT2D eigenvalue weighted by Gasteiger charge is -2.29. The van der Waals surface area contributed by atoms with Crippen LogP contribution in [0.2, 0.25) is 0 Å². The van der Waals surface area contributed by atoms with Crippen LogP contribution in [0.3, 0.4) is 0 Å². The first-order valence-corrected chi connectivity index (χ1v) is 7.66. The summed E-state index contributed by atoms with van der Waals surface area (Å²) in [6, 6.07) is 2.33. The molecular weight excluding hydrogens is 238 g/mol. The van der Waals surface area contributed by atoms with Crippen LogP contribution in [-0.2, 0) is 10.0 Å². The van der Waals surface area contributed by atoms with Gasteiger partial charge in [-0.3, -0.25) is 0 Å². The van der Waals surface area contributed by atoms with E-state index in [-0.39, 0.29) is 6.04 Å². The standard InChI is InChI=1S/C11H21N3O2S/c1-3-11(8-12)17(15,16)14-10-6-4-9(13-2)5-7-10/h9-11,13-14H,3-7H2,1-2H3. The first-order valence-electron chi connectivity index (χ1n) is 6.11. The Kier molecular flexibility index (Phi) is 5.37. The summed E-state index contributed by atoms with van der Waals surface area (Å²) < 4.78 is 26.4. The van der Waals surface area contributed by atoms with Gasteiger partial charge in [0.2, 0.25) is 10.0 Å². The van der Waals surface area contributed by atoms with Gasteiger partial charge in [-0.1, -0.05) is 6.92 Å². The van der Waals surface area contributed by atoms with E-state index in [1.54, 1.807) is 6.92 Å². The number of rotatable bonds is 5. The minimum Gasteiger partial charge on any atom is -0.317 e. The molecule has 6 heteroatoms. The van der Waals surface area contributed by atoms with Gasteiger partial charge in [-0.15, -0.1) is 0 Å². The Morgan fingerprint density at radius 3 is 2.24 bits per heavy atom. The molecule has 0 aromatic heterocycles. The van der Waals surface area contributed by atoms with Crippen molar-refractivity contribution in [2.24, 2.45) is 0 Å². The third-order valence-corrected chi connectivity index (χ3v) is 5.21. The summed E-state index contributed by atoms with van der Waals surface area (Å²) in [4.78, 5) is 0. The summed E-state index contributed by atoms with van der Waals surface area (Å²) in [5, 5.41) is 11.1. The van der Waals surface area contributed by atoms with E-state index in [1.807, 2.05) is 13.1 Å². The quantitative estimate of drug-likeness (QED) is 0.763. The van der Waals surface area contributed by atoms with E-state index < -0.39 is 15.3 Å². The van der Waals surface area contributed by atoms with Crippen LogP contribution >= 0.6 is 0 Å². The molecular formula is C11H21N3O2S. The van der Waals surface area contributed by atoms with Gasteiger partial charge >= 0.3 is 0 Å². The Labute approximate surface area is 104 Å². The van der Waals surface area contributed by atoms with E-state index in [0.29, 0.717) is 12.5 Å². The molecule has 0 bridgehead atoms. The first kappa shape index (κ1) is 14.4. The van der Waals surface area contributed by atoms with Crippen molar-refractivity contribution in [2.75, 3.05) is 7.05 Å². The Morgan fingerprint density at radius 1 is 1.29 bits per heavy atom. The number of nitrogens with zero attached hydrogens (tertiary/aromatic N) is 1. The van der Waals surface area contributed by atoms with Crippen LogP contribution in [0.5, 0.6) is 0 Å². The maximum Gasteiger partial charge on any atom is 0.228 e. The summed E-state index contributed by atoms with van der Waals surface area (Å²) in [5.41, 5.74) is 0. The molecule has 0 aromatic rings. The van der Waals surface area contributed by atoms with Gasteiger partial charge in [0.05, 0.1) is 6.07 Å². The lowest BCUT2D eigenvalue weighted by Crippen LogP contribution is -2.44. The van der Waals surface area contributed by atoms with Crippen molar-refractivity contribution in [3.8, 4) is 6.07 Å². The molecule has 0 spiro atoms. The highest BCUT2D eigenvalue weighted by atomic mass is 32.2. The molecule has 1 aliphatic rings. The maximum absolute atomic E-state index is 11.9. The van der Waals surface area contributed by atoms with E-state index >= 15 is 0 Å². The maximum atomic E-state index is 11.9. The summed E-state index contributed by atoms with van der Waals surface area (Å²) >= 11 is 0. The van der Waals surface area contributed by atoms with Crippen molar-refractivity contribution in [2.45, 2.75) is 56.4 Å². The number of hydrogen-bond donors (Lipinski definition) is 2. The highest BCUT2D eigenvalue weighted by Crippen LogP contribution is 2.19. The highest BCUT2D eigenvalue weighted by molar-refractivity contribution is 7.90. The fraction of sp³-hybridized carbons (Fsp3) is 0.909. The SMILES string of the molecule is CCC(C#N)S(=O)(=O)NC1CCC(NC)CC1. The van der Waals surface area contributed by atoms with Gasteiger partial charge in [0.1, 0.15) is 0 Å².